The highest BCUT2D eigenvalue weighted by atomic mass is 32.1. The minimum atomic E-state index is 0.880. The van der Waals surface area contributed by atoms with Gasteiger partial charge in [-0.1, -0.05) is 6.07 Å². The van der Waals surface area contributed by atoms with Gasteiger partial charge in [-0.05, 0) is 30.7 Å². The first-order valence-corrected chi connectivity index (χ1v) is 6.92. The van der Waals surface area contributed by atoms with Crippen molar-refractivity contribution in [2.24, 2.45) is 0 Å². The minimum Gasteiger partial charge on any atom is -0.341 e. The summed E-state index contributed by atoms with van der Waals surface area (Å²) in [6, 6.07) is 4.16. The normalized spacial score (nSPS) is 16.1. The largest absolute Gasteiger partial charge is 0.341 e. The van der Waals surface area contributed by atoms with Crippen molar-refractivity contribution in [2.45, 2.75) is 19.3 Å². The van der Waals surface area contributed by atoms with Crippen LogP contribution in [0, 0.1) is 0 Å². The van der Waals surface area contributed by atoms with E-state index in [4.69, 9.17) is 0 Å². The van der Waals surface area contributed by atoms with Gasteiger partial charge in [-0.15, -0.1) is 11.3 Å². The Morgan fingerprint density at radius 3 is 2.47 bits per heavy atom. The third-order valence-electron chi connectivity index (χ3n) is 3.08. The molecule has 1 aliphatic heterocycles. The van der Waals surface area contributed by atoms with E-state index in [9.17, 15) is 0 Å². The topological polar surface area (TPSA) is 29.0 Å². The molecule has 0 N–H and O–H groups in total. The second kappa shape index (κ2) is 4.84. The predicted octanol–water partition coefficient (Wildman–Crippen LogP) is 3.20. The number of hydrogen-bond acceptors (Lipinski definition) is 4. The number of nitrogens with zero attached hydrogens (tertiary/aromatic N) is 3. The number of hydrogen-bond donors (Lipinski definition) is 0. The Morgan fingerprint density at radius 2 is 1.82 bits per heavy atom. The third kappa shape index (κ3) is 2.31. The smallest absolute Gasteiger partial charge is 0.225 e. The van der Waals surface area contributed by atoms with Gasteiger partial charge in [0.2, 0.25) is 5.95 Å². The van der Waals surface area contributed by atoms with Crippen LogP contribution in [-0.4, -0.2) is 23.1 Å². The van der Waals surface area contributed by atoms with Gasteiger partial charge < -0.3 is 4.90 Å². The van der Waals surface area contributed by atoms with Crippen LogP contribution in [0.1, 0.15) is 19.3 Å². The van der Waals surface area contributed by atoms with Crippen LogP contribution in [0.15, 0.2) is 29.9 Å². The summed E-state index contributed by atoms with van der Waals surface area (Å²) in [4.78, 5) is 12.5. The van der Waals surface area contributed by atoms with Crippen molar-refractivity contribution >= 4 is 17.3 Å². The highest BCUT2D eigenvalue weighted by Crippen LogP contribution is 2.24. The molecule has 0 bridgehead atoms. The van der Waals surface area contributed by atoms with Crippen molar-refractivity contribution < 1.29 is 0 Å². The second-order valence-corrected chi connectivity index (χ2v) is 5.24. The fourth-order valence-electron chi connectivity index (χ4n) is 2.15. The monoisotopic (exact) mass is 245 g/mol. The fraction of sp³-hybridized carbons (Fsp3) is 0.385. The SMILES string of the molecule is c1csc(-c2cnc(N3CCCCC3)nc2)c1. The zero-order chi connectivity index (χ0) is 11.5. The van der Waals surface area contributed by atoms with Gasteiger partial charge in [-0.25, -0.2) is 9.97 Å². The molecule has 88 valence electrons. The molecule has 3 rings (SSSR count). The first-order valence-electron chi connectivity index (χ1n) is 6.04. The van der Waals surface area contributed by atoms with Gasteiger partial charge in [0.1, 0.15) is 0 Å². The summed E-state index contributed by atoms with van der Waals surface area (Å²) in [6.45, 7) is 2.19. The Kier molecular flexibility index (Phi) is 3.05. The number of piperidine rings is 1. The van der Waals surface area contributed by atoms with Gasteiger partial charge >= 0.3 is 0 Å². The molecule has 0 atom stereocenters. The molecule has 3 heterocycles. The van der Waals surface area contributed by atoms with E-state index >= 15 is 0 Å². The van der Waals surface area contributed by atoms with Gasteiger partial charge in [0.25, 0.3) is 0 Å². The lowest BCUT2D eigenvalue weighted by atomic mass is 10.1. The molecule has 0 unspecified atom stereocenters. The average Bonchev–Trinajstić information content (AvgIpc) is 2.94. The summed E-state index contributed by atoms with van der Waals surface area (Å²) in [5.74, 6) is 0.880. The predicted molar refractivity (Wildman–Crippen MR) is 71.4 cm³/mol. The second-order valence-electron chi connectivity index (χ2n) is 4.30. The van der Waals surface area contributed by atoms with Gasteiger partial charge in [0, 0.05) is 35.9 Å². The highest BCUT2D eigenvalue weighted by molar-refractivity contribution is 7.13. The summed E-state index contributed by atoms with van der Waals surface area (Å²) >= 11 is 1.72. The van der Waals surface area contributed by atoms with Crippen LogP contribution in [0.5, 0.6) is 0 Å². The molecule has 3 nitrogen and oxygen atoms in total. The standard InChI is InChI=1S/C13H15N3S/c1-2-6-16(7-3-1)13-14-9-11(10-15-13)12-5-4-8-17-12/h4-5,8-10H,1-3,6-7H2. The van der Waals surface area contributed by atoms with Crippen molar-refractivity contribution in [2.75, 3.05) is 18.0 Å². The Labute approximate surface area is 105 Å². The number of rotatable bonds is 2. The zero-order valence-corrected chi connectivity index (χ0v) is 10.5. The minimum absolute atomic E-state index is 0.880. The maximum absolute atomic E-state index is 4.48. The maximum Gasteiger partial charge on any atom is 0.225 e. The lowest BCUT2D eigenvalue weighted by Crippen LogP contribution is -2.30. The van der Waals surface area contributed by atoms with Crippen LogP contribution < -0.4 is 4.90 Å². The molecule has 0 spiro atoms. The molecule has 0 aliphatic carbocycles. The quantitative estimate of drug-likeness (QED) is 0.813. The third-order valence-corrected chi connectivity index (χ3v) is 4.00. The Morgan fingerprint density at radius 1 is 1.06 bits per heavy atom. The van der Waals surface area contributed by atoms with E-state index in [0.717, 1.165) is 24.6 Å². The molecule has 17 heavy (non-hydrogen) atoms. The van der Waals surface area contributed by atoms with E-state index < -0.39 is 0 Å². The van der Waals surface area contributed by atoms with E-state index in [-0.39, 0.29) is 0 Å². The van der Waals surface area contributed by atoms with Gasteiger partial charge in [0.05, 0.1) is 0 Å². The molecule has 1 fully saturated rings. The molecule has 1 aliphatic rings. The molecule has 0 radical (unpaired) electrons. The summed E-state index contributed by atoms with van der Waals surface area (Å²) in [7, 11) is 0. The molecular formula is C13H15N3S. The van der Waals surface area contributed by atoms with Crippen LogP contribution in [0.2, 0.25) is 0 Å². The van der Waals surface area contributed by atoms with Crippen LogP contribution in [0.3, 0.4) is 0 Å². The van der Waals surface area contributed by atoms with Crippen molar-refractivity contribution in [3.05, 3.63) is 29.9 Å². The number of aromatic nitrogens is 2. The summed E-state index contributed by atoms with van der Waals surface area (Å²) in [6.07, 6.45) is 7.72. The van der Waals surface area contributed by atoms with Crippen molar-refractivity contribution in [3.8, 4) is 10.4 Å². The van der Waals surface area contributed by atoms with Gasteiger partial charge in [0.15, 0.2) is 0 Å². The van der Waals surface area contributed by atoms with Gasteiger partial charge in [-0.3, -0.25) is 0 Å². The van der Waals surface area contributed by atoms with Crippen LogP contribution in [0.25, 0.3) is 10.4 Å². The molecule has 0 amide bonds. The molecule has 2 aromatic heterocycles. The molecule has 0 saturated carbocycles. The lowest BCUT2D eigenvalue weighted by molar-refractivity contribution is 0.568. The highest BCUT2D eigenvalue weighted by Gasteiger charge is 2.13. The van der Waals surface area contributed by atoms with Crippen molar-refractivity contribution in [3.63, 3.8) is 0 Å². The lowest BCUT2D eigenvalue weighted by Gasteiger charge is -2.26. The van der Waals surface area contributed by atoms with Crippen LogP contribution >= 0.6 is 11.3 Å². The number of anilines is 1. The molecule has 1 saturated heterocycles. The number of thiophene rings is 1. The first kappa shape index (κ1) is 10.7. The van der Waals surface area contributed by atoms with Crippen LogP contribution in [0.4, 0.5) is 5.95 Å². The fourth-order valence-corrected chi connectivity index (χ4v) is 2.85. The van der Waals surface area contributed by atoms with Crippen LogP contribution in [-0.2, 0) is 0 Å². The van der Waals surface area contributed by atoms with Gasteiger partial charge in [-0.2, -0.15) is 0 Å². The Hall–Kier alpha value is -1.42. The van der Waals surface area contributed by atoms with E-state index in [1.165, 1.54) is 24.1 Å². The van der Waals surface area contributed by atoms with E-state index in [0.29, 0.717) is 0 Å². The summed E-state index contributed by atoms with van der Waals surface area (Å²) in [5.41, 5.74) is 1.11. The molecular weight excluding hydrogens is 230 g/mol. The summed E-state index contributed by atoms with van der Waals surface area (Å²) < 4.78 is 0. The maximum atomic E-state index is 4.48. The van der Waals surface area contributed by atoms with E-state index in [1.54, 1.807) is 11.3 Å². The molecule has 0 aromatic carbocycles. The zero-order valence-electron chi connectivity index (χ0n) is 9.67. The molecule has 4 heteroatoms. The summed E-state index contributed by atoms with van der Waals surface area (Å²) in [5, 5.41) is 2.08. The van der Waals surface area contributed by atoms with Crippen molar-refractivity contribution in [1.29, 1.82) is 0 Å². The molecule has 2 aromatic rings. The van der Waals surface area contributed by atoms with E-state index in [1.807, 2.05) is 12.4 Å². The average molecular weight is 245 g/mol. The van der Waals surface area contributed by atoms with E-state index in [2.05, 4.69) is 32.4 Å². The van der Waals surface area contributed by atoms with Crippen molar-refractivity contribution in [1.82, 2.24) is 9.97 Å². The Balaban J connectivity index is 1.80. The Bertz CT molecular complexity index is 458. The first-order chi connectivity index (χ1) is 8.43.